The monoisotopic (exact) mass is 189 g/mol. The lowest BCUT2D eigenvalue weighted by molar-refractivity contribution is -0.522. The summed E-state index contributed by atoms with van der Waals surface area (Å²) in [6.07, 6.45) is 2.06. The fourth-order valence-corrected chi connectivity index (χ4v) is 1.09. The number of hydrogen-bond donors (Lipinski definition) is 0. The number of halogens is 1. The van der Waals surface area contributed by atoms with Gasteiger partial charge in [0.2, 0.25) is 0 Å². The Morgan fingerprint density at radius 2 is 2.56 bits per heavy atom. The van der Waals surface area contributed by atoms with E-state index in [0.29, 0.717) is 4.83 Å². The number of nitrogens with zero attached hydrogens (tertiary/aromatic N) is 2. The molecule has 1 atom stereocenters. The Morgan fingerprint density at radius 3 is 2.78 bits per heavy atom. The van der Waals surface area contributed by atoms with E-state index in [1.54, 1.807) is 0 Å². The summed E-state index contributed by atoms with van der Waals surface area (Å²) in [5.74, 6) is 0. The number of hydrazone groups is 1. The summed E-state index contributed by atoms with van der Waals surface area (Å²) >= 11 is 3.46. The molecule has 0 fully saturated rings. The number of alkyl halides is 1. The van der Waals surface area contributed by atoms with Crippen molar-refractivity contribution in [3.8, 4) is 0 Å². The van der Waals surface area contributed by atoms with Crippen molar-refractivity contribution in [2.45, 2.75) is 18.7 Å². The number of hydrogen-bond acceptors (Lipinski definition) is 1. The zero-order valence-electron chi connectivity index (χ0n) is 5.63. The van der Waals surface area contributed by atoms with E-state index in [-0.39, 0.29) is 0 Å². The van der Waals surface area contributed by atoms with Gasteiger partial charge >= 0.3 is 0 Å². The van der Waals surface area contributed by atoms with Gasteiger partial charge in [-0.1, -0.05) is 20.6 Å². The van der Waals surface area contributed by atoms with E-state index in [0.717, 1.165) is 12.3 Å². The van der Waals surface area contributed by atoms with Crippen LogP contribution >= 0.6 is 15.9 Å². The van der Waals surface area contributed by atoms with Crippen molar-refractivity contribution in [2.75, 3.05) is 6.54 Å². The molecule has 2 nitrogen and oxygen atoms in total. The molecule has 0 saturated heterocycles. The maximum absolute atomic E-state index is 4.24. The molecule has 0 radical (unpaired) electrons. The molecule has 0 saturated carbocycles. The largest absolute Gasteiger partial charge is 0.192 e. The van der Waals surface area contributed by atoms with Gasteiger partial charge in [0.1, 0.15) is 10.5 Å². The third kappa shape index (κ3) is 1.39. The lowest BCUT2D eigenvalue weighted by atomic mass is 10.3. The molecule has 1 unspecified atom stereocenters. The average Bonchev–Trinajstić information content (AvgIpc) is 2.13. The van der Waals surface area contributed by atoms with Crippen LogP contribution in [0, 0.1) is 0 Å². The summed E-state index contributed by atoms with van der Waals surface area (Å²) in [5, 5.41) is 4.24. The summed E-state index contributed by atoms with van der Waals surface area (Å²) in [7, 11) is 0. The quantitative estimate of drug-likeness (QED) is 0.436. The maximum atomic E-state index is 4.24. The van der Waals surface area contributed by atoms with Gasteiger partial charge in [0.25, 0.3) is 0 Å². The van der Waals surface area contributed by atoms with Gasteiger partial charge in [-0.2, -0.15) is 0 Å². The molecule has 1 heterocycles. The number of rotatable bonds is 1. The molecule has 50 valence electrons. The van der Waals surface area contributed by atoms with Crippen LogP contribution in [-0.4, -0.2) is 28.0 Å². The van der Waals surface area contributed by atoms with Crippen molar-refractivity contribution in [1.29, 1.82) is 0 Å². The van der Waals surface area contributed by atoms with Crippen LogP contribution in [0.15, 0.2) is 5.10 Å². The van der Waals surface area contributed by atoms with Crippen LogP contribution in [0.2, 0.25) is 0 Å². The molecule has 0 aromatic rings. The molecule has 0 aromatic heterocycles. The van der Waals surface area contributed by atoms with Gasteiger partial charge in [-0.25, -0.2) is 0 Å². The summed E-state index contributed by atoms with van der Waals surface area (Å²) < 4.78 is 1.94. The van der Waals surface area contributed by atoms with Crippen molar-refractivity contribution < 1.29 is 4.68 Å². The Hall–Kier alpha value is -0.180. The van der Waals surface area contributed by atoms with Gasteiger partial charge in [0, 0.05) is 0 Å². The highest BCUT2D eigenvalue weighted by Gasteiger charge is 2.19. The first-order valence-corrected chi connectivity index (χ1v) is 3.96. The molecule has 1 aliphatic rings. The summed E-state index contributed by atoms with van der Waals surface area (Å²) in [6.45, 7) is 5.06. The topological polar surface area (TPSA) is 15.4 Å². The fraction of sp³-hybridized carbons (Fsp3) is 0.667. The van der Waals surface area contributed by atoms with Crippen molar-refractivity contribution in [3.05, 3.63) is 0 Å². The highest BCUT2D eigenvalue weighted by Crippen LogP contribution is 2.05. The highest BCUT2D eigenvalue weighted by molar-refractivity contribution is 9.10. The van der Waals surface area contributed by atoms with Crippen molar-refractivity contribution in [1.82, 2.24) is 0 Å². The maximum Gasteiger partial charge on any atom is 0.192 e. The minimum atomic E-state index is 0.359. The molecule has 0 aliphatic carbocycles. The summed E-state index contributed by atoms with van der Waals surface area (Å²) in [5.41, 5.74) is 1.14. The molecular formula is C6H10BrN2+. The van der Waals surface area contributed by atoms with E-state index in [1.165, 1.54) is 0 Å². The molecule has 0 bridgehead atoms. The van der Waals surface area contributed by atoms with Crippen LogP contribution in [0.3, 0.4) is 0 Å². The zero-order valence-corrected chi connectivity index (χ0v) is 7.22. The van der Waals surface area contributed by atoms with Gasteiger partial charge < -0.3 is 0 Å². The molecule has 1 rings (SSSR count). The van der Waals surface area contributed by atoms with Crippen molar-refractivity contribution in [3.63, 3.8) is 0 Å². The first-order valence-electron chi connectivity index (χ1n) is 3.05. The van der Waals surface area contributed by atoms with Crippen molar-refractivity contribution >= 4 is 27.9 Å². The SMILES string of the molecule is CC[N+]1=CC(Br)C(C)=N1. The van der Waals surface area contributed by atoms with E-state index in [1.807, 2.05) is 11.6 Å². The second kappa shape index (κ2) is 2.60. The Bertz CT molecular complexity index is 172. The van der Waals surface area contributed by atoms with E-state index < -0.39 is 0 Å². The second-order valence-electron chi connectivity index (χ2n) is 2.05. The van der Waals surface area contributed by atoms with E-state index in [9.17, 15) is 0 Å². The summed E-state index contributed by atoms with van der Waals surface area (Å²) in [6, 6.07) is 0. The predicted molar refractivity (Wildman–Crippen MR) is 42.7 cm³/mol. The first kappa shape index (κ1) is 6.93. The van der Waals surface area contributed by atoms with Gasteiger partial charge in [-0.15, -0.1) is 0 Å². The molecular weight excluding hydrogens is 180 g/mol. The standard InChI is InChI=1S/C6H10BrN2/c1-3-9-4-6(7)5(2)8-9/h4,6H,3H2,1-2H3/q+1. The van der Waals surface area contributed by atoms with Gasteiger partial charge in [0.05, 0.1) is 0 Å². The van der Waals surface area contributed by atoms with E-state index in [2.05, 4.69) is 34.2 Å². The summed E-state index contributed by atoms with van der Waals surface area (Å²) in [4.78, 5) is 0.359. The average molecular weight is 190 g/mol. The van der Waals surface area contributed by atoms with Crippen LogP contribution in [0.4, 0.5) is 0 Å². The van der Waals surface area contributed by atoms with Crippen LogP contribution < -0.4 is 0 Å². The second-order valence-corrected chi connectivity index (χ2v) is 3.03. The highest BCUT2D eigenvalue weighted by atomic mass is 79.9. The predicted octanol–water partition coefficient (Wildman–Crippen LogP) is 1.24. The van der Waals surface area contributed by atoms with E-state index >= 15 is 0 Å². The zero-order chi connectivity index (χ0) is 6.85. The lowest BCUT2D eigenvalue weighted by Crippen LogP contribution is -2.07. The molecule has 3 heteroatoms. The van der Waals surface area contributed by atoms with Gasteiger partial charge in [-0.3, -0.25) is 0 Å². The van der Waals surface area contributed by atoms with Gasteiger partial charge in [-0.05, 0) is 18.9 Å². The molecule has 0 spiro atoms. The minimum absolute atomic E-state index is 0.359. The van der Waals surface area contributed by atoms with E-state index in [4.69, 9.17) is 0 Å². The molecule has 9 heavy (non-hydrogen) atoms. The van der Waals surface area contributed by atoms with Crippen LogP contribution in [0.25, 0.3) is 0 Å². The Labute approximate surface area is 63.4 Å². The third-order valence-electron chi connectivity index (χ3n) is 1.31. The Morgan fingerprint density at radius 1 is 1.89 bits per heavy atom. The first-order chi connectivity index (χ1) is 4.24. The Balaban J connectivity index is 2.70. The normalized spacial score (nSPS) is 25.9. The Kier molecular flexibility index (Phi) is 2.01. The van der Waals surface area contributed by atoms with Gasteiger partial charge in [0.15, 0.2) is 12.8 Å². The minimum Gasteiger partial charge on any atom is -0.0940 e. The molecule has 0 aromatic carbocycles. The fourth-order valence-electron chi connectivity index (χ4n) is 0.726. The molecule has 0 amide bonds. The third-order valence-corrected chi connectivity index (χ3v) is 2.21. The smallest absolute Gasteiger partial charge is 0.0940 e. The molecule has 0 N–H and O–H groups in total. The van der Waals surface area contributed by atoms with Crippen LogP contribution in [0.5, 0.6) is 0 Å². The lowest BCUT2D eigenvalue weighted by Gasteiger charge is -1.83. The van der Waals surface area contributed by atoms with Crippen LogP contribution in [0.1, 0.15) is 13.8 Å². The van der Waals surface area contributed by atoms with Crippen LogP contribution in [-0.2, 0) is 0 Å². The molecule has 1 aliphatic heterocycles. The van der Waals surface area contributed by atoms with Crippen molar-refractivity contribution in [2.24, 2.45) is 5.10 Å².